The van der Waals surface area contributed by atoms with Gasteiger partial charge in [-0.2, -0.15) is 4.31 Å². The Hall–Kier alpha value is 0.630. The highest BCUT2D eigenvalue weighted by atomic mass is 79.9. The molecule has 2 rings (SSSR count). The molecule has 9 heteroatoms. The van der Waals surface area contributed by atoms with Gasteiger partial charge in [0.2, 0.25) is 10.0 Å². The molecular weight excluding hydrogens is 469 g/mol. The van der Waals surface area contributed by atoms with Crippen molar-refractivity contribution in [3.63, 3.8) is 0 Å². The van der Waals surface area contributed by atoms with E-state index in [1.165, 1.54) is 16.4 Å². The van der Waals surface area contributed by atoms with Crippen LogP contribution in [-0.4, -0.2) is 43.4 Å². The van der Waals surface area contributed by atoms with E-state index in [1.54, 1.807) is 6.92 Å². The summed E-state index contributed by atoms with van der Waals surface area (Å²) in [5, 5.41) is 0.764. The van der Waals surface area contributed by atoms with Crippen LogP contribution in [-0.2, 0) is 14.8 Å². The number of benzene rings is 1. The molecule has 0 aliphatic carbocycles. The Labute approximate surface area is 151 Å². The van der Waals surface area contributed by atoms with Crippen LogP contribution in [0.4, 0.5) is 0 Å². The number of rotatable bonds is 3. The maximum Gasteiger partial charge on any atom is 0.246 e. The smallest absolute Gasteiger partial charge is 0.246 e. The van der Waals surface area contributed by atoms with Gasteiger partial charge in [0.05, 0.1) is 22.8 Å². The Bertz CT molecular complexity index is 618. The minimum atomic E-state index is -3.78. The van der Waals surface area contributed by atoms with Gasteiger partial charge in [-0.3, -0.25) is 0 Å². The summed E-state index contributed by atoms with van der Waals surface area (Å²) in [6.07, 6.45) is -0.191. The predicted molar refractivity (Wildman–Crippen MR) is 91.0 cm³/mol. The molecule has 0 spiro atoms. The standard InChI is InChI=1S/C12H13Br2Cl2NO3S/c1-7-6-20-9(4-13)5-17(7)21(18,19)12-10(15)2-8(14)3-11(12)16/h2-3,7,9H,4-6H2,1H3. The highest BCUT2D eigenvalue weighted by Gasteiger charge is 2.37. The zero-order valence-corrected chi connectivity index (χ0v) is 16.5. The second-order valence-electron chi connectivity index (χ2n) is 4.73. The predicted octanol–water partition coefficient (Wildman–Crippen LogP) is 3.93. The van der Waals surface area contributed by atoms with E-state index in [9.17, 15) is 8.42 Å². The van der Waals surface area contributed by atoms with E-state index in [-0.39, 0.29) is 33.6 Å². The Morgan fingerprint density at radius 2 is 1.95 bits per heavy atom. The van der Waals surface area contributed by atoms with Crippen molar-refractivity contribution in [3.05, 3.63) is 26.7 Å². The van der Waals surface area contributed by atoms with Crippen molar-refractivity contribution in [2.45, 2.75) is 24.0 Å². The summed E-state index contributed by atoms with van der Waals surface area (Å²) in [5.74, 6) is 0. The molecule has 1 aromatic rings. The second-order valence-corrected chi connectivity index (χ2v) is 8.94. The van der Waals surface area contributed by atoms with Gasteiger partial charge in [0.25, 0.3) is 0 Å². The Morgan fingerprint density at radius 3 is 2.48 bits per heavy atom. The fourth-order valence-corrected chi connectivity index (χ4v) is 6.04. The third kappa shape index (κ3) is 3.76. The zero-order chi connectivity index (χ0) is 15.8. The molecule has 1 aromatic carbocycles. The highest BCUT2D eigenvalue weighted by Crippen LogP contribution is 2.36. The monoisotopic (exact) mass is 479 g/mol. The number of halogens is 4. The molecule has 1 aliphatic heterocycles. The molecule has 0 radical (unpaired) electrons. The molecule has 4 nitrogen and oxygen atoms in total. The van der Waals surface area contributed by atoms with Gasteiger partial charge in [-0.25, -0.2) is 8.42 Å². The molecule has 1 saturated heterocycles. The first-order chi connectivity index (χ1) is 9.77. The SMILES string of the molecule is CC1COC(CBr)CN1S(=O)(=O)c1c(Cl)cc(Br)cc1Cl. The van der Waals surface area contributed by atoms with Crippen LogP contribution >= 0.6 is 55.1 Å². The molecule has 0 bridgehead atoms. The minimum Gasteiger partial charge on any atom is -0.374 e. The largest absolute Gasteiger partial charge is 0.374 e. The number of alkyl halides is 1. The van der Waals surface area contributed by atoms with Gasteiger partial charge in [-0.05, 0) is 19.1 Å². The van der Waals surface area contributed by atoms with Crippen molar-refractivity contribution < 1.29 is 13.2 Å². The van der Waals surface area contributed by atoms with Crippen LogP contribution < -0.4 is 0 Å². The lowest BCUT2D eigenvalue weighted by atomic mass is 10.2. The van der Waals surface area contributed by atoms with Gasteiger partial charge >= 0.3 is 0 Å². The average Bonchev–Trinajstić information content (AvgIpc) is 2.37. The second kappa shape index (κ2) is 7.03. The minimum absolute atomic E-state index is 0.0592. The Kier molecular flexibility index (Phi) is 6.02. The molecular formula is C12H13Br2Cl2NO3S. The quantitative estimate of drug-likeness (QED) is 0.614. The van der Waals surface area contributed by atoms with Crippen LogP contribution in [0.2, 0.25) is 10.0 Å². The van der Waals surface area contributed by atoms with Gasteiger partial charge in [0.15, 0.2) is 0 Å². The fraction of sp³-hybridized carbons (Fsp3) is 0.500. The van der Waals surface area contributed by atoms with Crippen LogP contribution in [0.3, 0.4) is 0 Å². The number of ether oxygens (including phenoxy) is 1. The van der Waals surface area contributed by atoms with Gasteiger partial charge in [0, 0.05) is 22.4 Å². The molecule has 118 valence electrons. The van der Waals surface area contributed by atoms with E-state index in [0.29, 0.717) is 16.4 Å². The number of hydrogen-bond donors (Lipinski definition) is 0. The van der Waals surface area contributed by atoms with Crippen LogP contribution in [0, 0.1) is 0 Å². The molecule has 0 saturated carbocycles. The van der Waals surface area contributed by atoms with Crippen LogP contribution in [0.15, 0.2) is 21.5 Å². The first-order valence-electron chi connectivity index (χ1n) is 6.11. The van der Waals surface area contributed by atoms with E-state index in [0.717, 1.165) is 0 Å². The third-order valence-corrected chi connectivity index (χ3v) is 7.23. The summed E-state index contributed by atoms with van der Waals surface area (Å²) in [4.78, 5) is -0.0592. The maximum atomic E-state index is 12.9. The summed E-state index contributed by atoms with van der Waals surface area (Å²) in [7, 11) is -3.78. The molecule has 0 aromatic heterocycles. The average molecular weight is 482 g/mol. The van der Waals surface area contributed by atoms with E-state index in [4.69, 9.17) is 27.9 Å². The van der Waals surface area contributed by atoms with Crippen molar-refractivity contribution in [2.24, 2.45) is 0 Å². The topological polar surface area (TPSA) is 46.6 Å². The van der Waals surface area contributed by atoms with E-state index in [2.05, 4.69) is 31.9 Å². The molecule has 1 fully saturated rings. The van der Waals surface area contributed by atoms with Crippen molar-refractivity contribution in [2.75, 3.05) is 18.5 Å². The summed E-state index contributed by atoms with van der Waals surface area (Å²) in [6, 6.07) is 2.77. The fourth-order valence-electron chi connectivity index (χ4n) is 2.11. The lowest BCUT2D eigenvalue weighted by molar-refractivity contribution is -0.0139. The molecule has 2 unspecified atom stereocenters. The van der Waals surface area contributed by atoms with Crippen LogP contribution in [0.5, 0.6) is 0 Å². The van der Waals surface area contributed by atoms with Gasteiger partial charge in [-0.1, -0.05) is 55.1 Å². The molecule has 0 amide bonds. The highest BCUT2D eigenvalue weighted by molar-refractivity contribution is 9.10. The number of hydrogen-bond acceptors (Lipinski definition) is 3. The number of sulfonamides is 1. The van der Waals surface area contributed by atoms with E-state index >= 15 is 0 Å². The Balaban J connectivity index is 2.46. The summed E-state index contributed by atoms with van der Waals surface area (Å²) in [6.45, 7) is 2.39. The summed E-state index contributed by atoms with van der Waals surface area (Å²) >= 11 is 18.7. The lowest BCUT2D eigenvalue weighted by Gasteiger charge is -2.36. The first kappa shape index (κ1) is 18.0. The van der Waals surface area contributed by atoms with Gasteiger partial charge < -0.3 is 4.74 Å². The van der Waals surface area contributed by atoms with Gasteiger partial charge in [0.1, 0.15) is 4.90 Å². The molecule has 0 N–H and O–H groups in total. The summed E-state index contributed by atoms with van der Waals surface area (Å²) in [5.41, 5.74) is 0. The molecule has 2 atom stereocenters. The number of morpholine rings is 1. The van der Waals surface area contributed by atoms with Crippen molar-refractivity contribution in [1.29, 1.82) is 0 Å². The number of nitrogens with zero attached hydrogens (tertiary/aromatic N) is 1. The summed E-state index contributed by atoms with van der Waals surface area (Å²) < 4.78 is 33.3. The lowest BCUT2D eigenvalue weighted by Crippen LogP contribution is -2.51. The molecule has 1 heterocycles. The zero-order valence-electron chi connectivity index (χ0n) is 11.0. The van der Waals surface area contributed by atoms with Crippen LogP contribution in [0.25, 0.3) is 0 Å². The van der Waals surface area contributed by atoms with Crippen molar-refractivity contribution >= 4 is 65.1 Å². The third-order valence-electron chi connectivity index (χ3n) is 3.15. The van der Waals surface area contributed by atoms with Crippen LogP contribution in [0.1, 0.15) is 6.92 Å². The first-order valence-corrected chi connectivity index (χ1v) is 10.2. The van der Waals surface area contributed by atoms with Gasteiger partial charge in [-0.15, -0.1) is 0 Å². The molecule has 21 heavy (non-hydrogen) atoms. The maximum absolute atomic E-state index is 12.9. The van der Waals surface area contributed by atoms with Crippen molar-refractivity contribution in [3.8, 4) is 0 Å². The van der Waals surface area contributed by atoms with Crippen molar-refractivity contribution in [1.82, 2.24) is 4.31 Å². The van der Waals surface area contributed by atoms with E-state index in [1.807, 2.05) is 0 Å². The molecule has 1 aliphatic rings. The Morgan fingerprint density at radius 1 is 1.38 bits per heavy atom. The normalized spacial score (nSPS) is 24.2. The van der Waals surface area contributed by atoms with E-state index < -0.39 is 10.0 Å².